The van der Waals surface area contributed by atoms with E-state index in [0.717, 1.165) is 32.1 Å². The first-order chi connectivity index (χ1) is 8.25. The highest BCUT2D eigenvalue weighted by molar-refractivity contribution is 5.70. The van der Waals surface area contributed by atoms with Crippen LogP contribution in [0.3, 0.4) is 0 Å². The Balaban J connectivity index is 2.76. The SMILES string of the molecule is C=C(CC)CC1CC(C(C)(C)C)CCC1C(=O)O. The summed E-state index contributed by atoms with van der Waals surface area (Å²) in [6.45, 7) is 13.0. The van der Waals surface area contributed by atoms with Crippen LogP contribution in [0.25, 0.3) is 0 Å². The number of hydrogen-bond donors (Lipinski definition) is 1. The molecule has 3 atom stereocenters. The van der Waals surface area contributed by atoms with Gasteiger partial charge in [-0.05, 0) is 49.4 Å². The van der Waals surface area contributed by atoms with Gasteiger partial charge in [0.25, 0.3) is 0 Å². The van der Waals surface area contributed by atoms with Gasteiger partial charge in [0.05, 0.1) is 5.92 Å². The summed E-state index contributed by atoms with van der Waals surface area (Å²) in [5, 5.41) is 9.35. The lowest BCUT2D eigenvalue weighted by molar-refractivity contribution is -0.146. The summed E-state index contributed by atoms with van der Waals surface area (Å²) >= 11 is 0. The third kappa shape index (κ3) is 3.86. The zero-order valence-corrected chi connectivity index (χ0v) is 12.3. The molecule has 2 nitrogen and oxygen atoms in total. The van der Waals surface area contributed by atoms with Gasteiger partial charge in [-0.15, -0.1) is 0 Å². The van der Waals surface area contributed by atoms with Crippen molar-refractivity contribution in [3.8, 4) is 0 Å². The van der Waals surface area contributed by atoms with E-state index in [4.69, 9.17) is 0 Å². The smallest absolute Gasteiger partial charge is 0.306 e. The molecule has 104 valence electrons. The van der Waals surface area contributed by atoms with Gasteiger partial charge in [0.15, 0.2) is 0 Å². The largest absolute Gasteiger partial charge is 0.481 e. The molecule has 0 radical (unpaired) electrons. The summed E-state index contributed by atoms with van der Waals surface area (Å²) in [6.07, 6.45) is 4.77. The minimum atomic E-state index is -0.615. The lowest BCUT2D eigenvalue weighted by Gasteiger charge is -2.40. The van der Waals surface area contributed by atoms with Crippen molar-refractivity contribution in [3.63, 3.8) is 0 Å². The van der Waals surface area contributed by atoms with Gasteiger partial charge >= 0.3 is 5.97 Å². The zero-order chi connectivity index (χ0) is 13.9. The molecule has 0 spiro atoms. The van der Waals surface area contributed by atoms with Gasteiger partial charge in [0, 0.05) is 0 Å². The molecule has 0 amide bonds. The zero-order valence-electron chi connectivity index (χ0n) is 12.3. The second kappa shape index (κ2) is 5.90. The van der Waals surface area contributed by atoms with Crippen LogP contribution in [0.2, 0.25) is 0 Å². The maximum absolute atomic E-state index is 11.4. The van der Waals surface area contributed by atoms with Gasteiger partial charge in [-0.2, -0.15) is 0 Å². The Morgan fingerprint density at radius 1 is 1.33 bits per heavy atom. The summed E-state index contributed by atoms with van der Waals surface area (Å²) in [5.41, 5.74) is 1.48. The molecule has 1 rings (SSSR count). The number of aliphatic carboxylic acids is 1. The van der Waals surface area contributed by atoms with Crippen molar-refractivity contribution in [3.05, 3.63) is 12.2 Å². The van der Waals surface area contributed by atoms with Crippen molar-refractivity contribution in [2.24, 2.45) is 23.2 Å². The molecule has 1 aliphatic carbocycles. The lowest BCUT2D eigenvalue weighted by Crippen LogP contribution is -2.35. The summed E-state index contributed by atoms with van der Waals surface area (Å²) in [6, 6.07) is 0. The van der Waals surface area contributed by atoms with Crippen LogP contribution in [0.5, 0.6) is 0 Å². The van der Waals surface area contributed by atoms with E-state index in [1.807, 2.05) is 0 Å². The highest BCUT2D eigenvalue weighted by Crippen LogP contribution is 2.44. The standard InChI is InChI=1S/C16H28O2/c1-6-11(2)9-12-10-13(16(3,4)5)7-8-14(12)15(17)18/h12-14H,2,6-10H2,1,3-5H3,(H,17,18). The fourth-order valence-electron chi connectivity index (χ4n) is 3.12. The van der Waals surface area contributed by atoms with Crippen molar-refractivity contribution in [1.82, 2.24) is 0 Å². The number of rotatable bonds is 4. The van der Waals surface area contributed by atoms with Gasteiger partial charge in [-0.3, -0.25) is 4.79 Å². The van der Waals surface area contributed by atoms with Crippen LogP contribution >= 0.6 is 0 Å². The Morgan fingerprint density at radius 2 is 1.94 bits per heavy atom. The van der Waals surface area contributed by atoms with E-state index in [0.29, 0.717) is 5.92 Å². The molecular formula is C16H28O2. The predicted molar refractivity (Wildman–Crippen MR) is 75.5 cm³/mol. The molecule has 0 bridgehead atoms. The highest BCUT2D eigenvalue weighted by Gasteiger charge is 2.38. The third-order valence-electron chi connectivity index (χ3n) is 4.58. The fourth-order valence-corrected chi connectivity index (χ4v) is 3.12. The van der Waals surface area contributed by atoms with Gasteiger partial charge < -0.3 is 5.11 Å². The summed E-state index contributed by atoms with van der Waals surface area (Å²) < 4.78 is 0. The van der Waals surface area contributed by atoms with Crippen molar-refractivity contribution in [1.29, 1.82) is 0 Å². The number of carboxylic acid groups (broad SMARTS) is 1. The van der Waals surface area contributed by atoms with E-state index < -0.39 is 5.97 Å². The molecule has 0 aromatic rings. The van der Waals surface area contributed by atoms with E-state index in [9.17, 15) is 9.90 Å². The van der Waals surface area contributed by atoms with Gasteiger partial charge in [0.2, 0.25) is 0 Å². The summed E-state index contributed by atoms with van der Waals surface area (Å²) in [7, 11) is 0. The van der Waals surface area contributed by atoms with Crippen LogP contribution in [0.4, 0.5) is 0 Å². The molecule has 1 fully saturated rings. The molecule has 0 aliphatic heterocycles. The molecule has 0 saturated heterocycles. The molecule has 1 aliphatic rings. The predicted octanol–water partition coefficient (Wildman–Crippen LogP) is 4.51. The first kappa shape index (κ1) is 15.3. The van der Waals surface area contributed by atoms with Crippen LogP contribution in [-0.4, -0.2) is 11.1 Å². The highest BCUT2D eigenvalue weighted by atomic mass is 16.4. The first-order valence-corrected chi connectivity index (χ1v) is 7.15. The van der Waals surface area contributed by atoms with Crippen molar-refractivity contribution in [2.75, 3.05) is 0 Å². The number of hydrogen-bond acceptors (Lipinski definition) is 1. The average Bonchev–Trinajstić information content (AvgIpc) is 2.27. The fraction of sp³-hybridized carbons (Fsp3) is 0.812. The second-order valence-electron chi connectivity index (χ2n) is 6.89. The second-order valence-corrected chi connectivity index (χ2v) is 6.89. The summed E-state index contributed by atoms with van der Waals surface area (Å²) in [5.74, 6) is 0.152. The Morgan fingerprint density at radius 3 is 2.39 bits per heavy atom. The topological polar surface area (TPSA) is 37.3 Å². The molecule has 18 heavy (non-hydrogen) atoms. The van der Waals surface area contributed by atoms with Gasteiger partial charge in [-0.25, -0.2) is 0 Å². The van der Waals surface area contributed by atoms with E-state index in [-0.39, 0.29) is 17.3 Å². The third-order valence-corrected chi connectivity index (χ3v) is 4.58. The molecule has 1 N–H and O–H groups in total. The van der Waals surface area contributed by atoms with Gasteiger partial charge in [0.1, 0.15) is 0 Å². The molecular weight excluding hydrogens is 224 g/mol. The minimum absolute atomic E-state index is 0.160. The molecule has 0 heterocycles. The van der Waals surface area contributed by atoms with E-state index in [2.05, 4.69) is 34.3 Å². The molecule has 3 unspecified atom stereocenters. The van der Waals surface area contributed by atoms with Crippen molar-refractivity contribution in [2.45, 2.75) is 59.8 Å². The van der Waals surface area contributed by atoms with Crippen LogP contribution in [0.15, 0.2) is 12.2 Å². The van der Waals surface area contributed by atoms with Crippen molar-refractivity contribution < 1.29 is 9.90 Å². The number of carboxylic acids is 1. The Bertz CT molecular complexity index is 312. The van der Waals surface area contributed by atoms with Crippen LogP contribution in [0.1, 0.15) is 59.8 Å². The maximum Gasteiger partial charge on any atom is 0.306 e. The Hall–Kier alpha value is -0.790. The quantitative estimate of drug-likeness (QED) is 0.748. The Labute approximate surface area is 111 Å². The molecule has 1 saturated carbocycles. The van der Waals surface area contributed by atoms with E-state index in [1.54, 1.807) is 0 Å². The minimum Gasteiger partial charge on any atom is -0.481 e. The summed E-state index contributed by atoms with van der Waals surface area (Å²) in [4.78, 5) is 11.4. The Kier molecular flexibility index (Phi) is 5.01. The molecule has 0 aromatic heterocycles. The normalized spacial score (nSPS) is 29.0. The van der Waals surface area contributed by atoms with Crippen LogP contribution in [0, 0.1) is 23.2 Å². The monoisotopic (exact) mass is 252 g/mol. The number of carbonyl (C=O) groups is 1. The van der Waals surface area contributed by atoms with E-state index in [1.165, 1.54) is 5.57 Å². The van der Waals surface area contributed by atoms with Gasteiger partial charge in [-0.1, -0.05) is 39.8 Å². The van der Waals surface area contributed by atoms with E-state index >= 15 is 0 Å². The lowest BCUT2D eigenvalue weighted by atomic mass is 9.64. The van der Waals surface area contributed by atoms with Crippen LogP contribution < -0.4 is 0 Å². The average molecular weight is 252 g/mol. The molecule has 0 aromatic carbocycles. The number of allylic oxidation sites excluding steroid dienone is 1. The van der Waals surface area contributed by atoms with Crippen LogP contribution in [-0.2, 0) is 4.79 Å². The van der Waals surface area contributed by atoms with Crippen molar-refractivity contribution >= 4 is 5.97 Å². The maximum atomic E-state index is 11.4. The molecule has 2 heteroatoms. The first-order valence-electron chi connectivity index (χ1n) is 7.15.